The Hall–Kier alpha value is -7.49. The zero-order valence-corrected chi connectivity index (χ0v) is 33.0. The minimum atomic E-state index is -0.119. The van der Waals surface area contributed by atoms with E-state index < -0.39 is 0 Å². The molecule has 0 unspecified atom stereocenters. The number of nitrogens with one attached hydrogen (secondary N) is 1. The van der Waals surface area contributed by atoms with Gasteiger partial charge in [0.15, 0.2) is 0 Å². The van der Waals surface area contributed by atoms with Crippen LogP contribution in [-0.2, 0) is 5.41 Å². The molecule has 59 heavy (non-hydrogen) atoms. The summed E-state index contributed by atoms with van der Waals surface area (Å²) in [4.78, 5) is 9.47. The van der Waals surface area contributed by atoms with Crippen molar-refractivity contribution in [2.75, 3.05) is 0 Å². The predicted molar refractivity (Wildman–Crippen MR) is 248 cm³/mol. The predicted octanol–water partition coefficient (Wildman–Crippen LogP) is 14.2. The molecule has 0 radical (unpaired) electrons. The molecule has 0 atom stereocenters. The van der Waals surface area contributed by atoms with Crippen LogP contribution in [0.15, 0.2) is 205 Å². The van der Waals surface area contributed by atoms with Gasteiger partial charge in [-0.05, 0) is 101 Å². The molecule has 0 aliphatic heterocycles. The molecule has 1 aliphatic carbocycles. The maximum absolute atomic E-state index is 9.01. The first-order chi connectivity index (χ1) is 28.9. The van der Waals surface area contributed by atoms with E-state index in [1.807, 2.05) is 61.0 Å². The second-order valence-corrected chi connectivity index (χ2v) is 15.8. The summed E-state index contributed by atoms with van der Waals surface area (Å²) in [7, 11) is 0. The van der Waals surface area contributed by atoms with Crippen molar-refractivity contribution in [1.82, 2.24) is 4.98 Å². The number of allylic oxidation sites excluding steroid dienone is 1. The lowest BCUT2D eigenvalue weighted by Gasteiger charge is -2.23. The van der Waals surface area contributed by atoms with E-state index >= 15 is 0 Å². The van der Waals surface area contributed by atoms with Gasteiger partial charge in [-0.25, -0.2) is 0 Å². The average molecular weight is 756 g/mol. The third-order valence-corrected chi connectivity index (χ3v) is 11.9. The van der Waals surface area contributed by atoms with Crippen molar-refractivity contribution in [2.45, 2.75) is 19.3 Å². The standard InChI is InChI=1S/C56H41N3/c1-56(2)51-26-12-25-47(54(51)50-30-27-37-14-6-7-23-48(37)55(50)56)41-19-11-18-40(33-41)46-29-28-44(45-22-8-9-24-49(45)46)36-59-53(34-52(57)38-15-4-3-5-16-38)42-20-10-17-39(32-42)43-21-13-31-58-35-43/h3-36,57H,1-2H3/b53-34-,57-52?,59-36?. The van der Waals surface area contributed by atoms with Crippen LogP contribution in [0, 0.1) is 5.41 Å². The third kappa shape index (κ3) is 6.47. The molecule has 1 aliphatic rings. The number of rotatable bonds is 8. The summed E-state index contributed by atoms with van der Waals surface area (Å²) < 4.78 is 0. The Balaban J connectivity index is 1.05. The number of benzene rings is 8. The Kier molecular flexibility index (Phi) is 8.99. The molecule has 9 aromatic rings. The van der Waals surface area contributed by atoms with Crippen molar-refractivity contribution in [1.29, 1.82) is 5.41 Å². The van der Waals surface area contributed by atoms with Gasteiger partial charge in [-0.1, -0.05) is 178 Å². The molecule has 0 saturated carbocycles. The van der Waals surface area contributed by atoms with Crippen LogP contribution in [0.1, 0.15) is 41.7 Å². The number of aliphatic imine (C=N–C) groups is 1. The fourth-order valence-electron chi connectivity index (χ4n) is 9.00. The van der Waals surface area contributed by atoms with Crippen LogP contribution in [0.25, 0.3) is 71.7 Å². The van der Waals surface area contributed by atoms with Crippen molar-refractivity contribution < 1.29 is 0 Å². The fourth-order valence-corrected chi connectivity index (χ4v) is 9.00. The Labute approximate surface area is 345 Å². The second-order valence-electron chi connectivity index (χ2n) is 15.8. The SMILES string of the molecule is CC1(C)c2cccc(-c3cccc(-c4ccc(C=N/C(=C\C(=N)c5ccccc5)c5cccc(-c6cccnc6)c5)c5ccccc45)c3)c2-c2ccc3ccccc3c21. The van der Waals surface area contributed by atoms with Crippen molar-refractivity contribution >= 4 is 39.2 Å². The molecule has 10 rings (SSSR count). The van der Waals surface area contributed by atoms with Crippen molar-refractivity contribution in [2.24, 2.45) is 4.99 Å². The van der Waals surface area contributed by atoms with E-state index in [1.54, 1.807) is 6.20 Å². The van der Waals surface area contributed by atoms with Crippen LogP contribution in [0.4, 0.5) is 0 Å². The second kappa shape index (κ2) is 14.8. The van der Waals surface area contributed by atoms with Crippen molar-refractivity contribution in [3.8, 4) is 44.5 Å². The fraction of sp³-hybridized carbons (Fsp3) is 0.0536. The number of fused-ring (bicyclic) bond motifs is 6. The lowest BCUT2D eigenvalue weighted by Crippen LogP contribution is -2.15. The van der Waals surface area contributed by atoms with Crippen LogP contribution in [-0.4, -0.2) is 16.9 Å². The van der Waals surface area contributed by atoms with Gasteiger partial charge < -0.3 is 5.41 Å². The Morgan fingerprint density at radius 3 is 2.05 bits per heavy atom. The number of hydrogen-bond acceptors (Lipinski definition) is 3. The van der Waals surface area contributed by atoms with Gasteiger partial charge in [-0.15, -0.1) is 0 Å². The molecule has 1 aromatic heterocycles. The first-order valence-electron chi connectivity index (χ1n) is 20.1. The van der Waals surface area contributed by atoms with Gasteiger partial charge in [-0.3, -0.25) is 9.98 Å². The van der Waals surface area contributed by atoms with E-state index in [9.17, 15) is 0 Å². The molecular weight excluding hydrogens is 715 g/mol. The van der Waals surface area contributed by atoms with E-state index in [2.05, 4.69) is 158 Å². The van der Waals surface area contributed by atoms with Crippen LogP contribution >= 0.6 is 0 Å². The monoisotopic (exact) mass is 755 g/mol. The molecule has 280 valence electrons. The smallest absolute Gasteiger partial charge is 0.0723 e. The molecular formula is C56H41N3. The normalized spacial score (nSPS) is 13.2. The maximum Gasteiger partial charge on any atom is 0.0723 e. The minimum absolute atomic E-state index is 0.119. The molecule has 3 nitrogen and oxygen atoms in total. The largest absolute Gasteiger partial charge is 0.300 e. The Morgan fingerprint density at radius 2 is 1.22 bits per heavy atom. The van der Waals surface area contributed by atoms with E-state index in [-0.39, 0.29) is 5.41 Å². The first kappa shape index (κ1) is 35.9. The van der Waals surface area contributed by atoms with Gasteiger partial charge in [0.2, 0.25) is 0 Å². The van der Waals surface area contributed by atoms with Crippen LogP contribution in [0.2, 0.25) is 0 Å². The molecule has 0 saturated heterocycles. The first-order valence-corrected chi connectivity index (χ1v) is 20.1. The molecule has 1 N–H and O–H groups in total. The summed E-state index contributed by atoms with van der Waals surface area (Å²) in [6.45, 7) is 4.74. The van der Waals surface area contributed by atoms with Crippen molar-refractivity contribution in [3.05, 3.63) is 228 Å². The highest BCUT2D eigenvalue weighted by Gasteiger charge is 2.38. The van der Waals surface area contributed by atoms with Crippen molar-refractivity contribution in [3.63, 3.8) is 0 Å². The van der Waals surface area contributed by atoms with Gasteiger partial charge in [0.25, 0.3) is 0 Å². The van der Waals surface area contributed by atoms with Gasteiger partial charge in [0.1, 0.15) is 0 Å². The summed E-state index contributed by atoms with van der Waals surface area (Å²) in [6.07, 6.45) is 7.46. The molecule has 0 bridgehead atoms. The number of nitrogens with zero attached hydrogens (tertiary/aromatic N) is 2. The van der Waals surface area contributed by atoms with Crippen LogP contribution < -0.4 is 0 Å². The number of aromatic nitrogens is 1. The quantitative estimate of drug-likeness (QED) is 0.154. The minimum Gasteiger partial charge on any atom is -0.300 e. The summed E-state index contributed by atoms with van der Waals surface area (Å²) >= 11 is 0. The van der Waals surface area contributed by atoms with Gasteiger partial charge in [-0.2, -0.15) is 0 Å². The molecule has 1 heterocycles. The van der Waals surface area contributed by atoms with Crippen LogP contribution in [0.5, 0.6) is 0 Å². The highest BCUT2D eigenvalue weighted by molar-refractivity contribution is 6.12. The third-order valence-electron chi connectivity index (χ3n) is 11.9. The number of pyridine rings is 1. The van der Waals surface area contributed by atoms with Crippen LogP contribution in [0.3, 0.4) is 0 Å². The molecule has 8 aromatic carbocycles. The molecule has 3 heteroatoms. The average Bonchev–Trinajstić information content (AvgIpc) is 3.54. The zero-order valence-electron chi connectivity index (χ0n) is 33.0. The van der Waals surface area contributed by atoms with Gasteiger partial charge in [0.05, 0.1) is 11.4 Å². The topological polar surface area (TPSA) is 49.1 Å². The highest BCUT2D eigenvalue weighted by atomic mass is 14.7. The zero-order chi connectivity index (χ0) is 39.9. The van der Waals surface area contributed by atoms with E-state index in [0.29, 0.717) is 11.4 Å². The summed E-state index contributed by atoms with van der Waals surface area (Å²) in [6, 6.07) is 64.3. The lowest BCUT2D eigenvalue weighted by molar-refractivity contribution is 0.666. The van der Waals surface area contributed by atoms with E-state index in [0.717, 1.165) is 38.6 Å². The summed E-state index contributed by atoms with van der Waals surface area (Å²) in [5, 5.41) is 13.9. The van der Waals surface area contributed by atoms with Gasteiger partial charge in [0, 0.05) is 40.7 Å². The highest BCUT2D eigenvalue weighted by Crippen LogP contribution is 2.54. The lowest BCUT2D eigenvalue weighted by atomic mass is 9.80. The van der Waals surface area contributed by atoms with Gasteiger partial charge >= 0.3 is 0 Å². The summed E-state index contributed by atoms with van der Waals surface area (Å²) in [5.74, 6) is 0. The Morgan fingerprint density at radius 1 is 0.542 bits per heavy atom. The summed E-state index contributed by atoms with van der Waals surface area (Å²) in [5.41, 5.74) is 16.1. The van der Waals surface area contributed by atoms with E-state index in [4.69, 9.17) is 10.4 Å². The maximum atomic E-state index is 9.01. The molecule has 0 spiro atoms. The molecule has 0 amide bonds. The molecule has 0 fully saturated rings. The van der Waals surface area contributed by atoms with E-state index in [1.165, 1.54) is 55.3 Å². The number of hydrogen-bond donors (Lipinski definition) is 1. The Bertz CT molecular complexity index is 3140.